The SMILES string of the molecule is Brc1cncc(NCC2CSCCS2)c1. The molecular weight excluding hydrogens is 292 g/mol. The molecule has 2 nitrogen and oxygen atoms in total. The first-order valence-electron chi connectivity index (χ1n) is 4.88. The molecule has 0 amide bonds. The van der Waals surface area contributed by atoms with Gasteiger partial charge in [0, 0.05) is 39.7 Å². The van der Waals surface area contributed by atoms with E-state index in [2.05, 4.69) is 55.8 Å². The van der Waals surface area contributed by atoms with E-state index in [1.165, 1.54) is 17.3 Å². The number of hydrogen-bond donors (Lipinski definition) is 1. The van der Waals surface area contributed by atoms with Crippen molar-refractivity contribution < 1.29 is 0 Å². The van der Waals surface area contributed by atoms with Crippen LogP contribution in [0.2, 0.25) is 0 Å². The van der Waals surface area contributed by atoms with Gasteiger partial charge in [0.25, 0.3) is 0 Å². The lowest BCUT2D eigenvalue weighted by Crippen LogP contribution is -2.23. The van der Waals surface area contributed by atoms with Crippen LogP contribution in [0.5, 0.6) is 0 Å². The zero-order valence-electron chi connectivity index (χ0n) is 8.28. The highest BCUT2D eigenvalue weighted by Crippen LogP contribution is 2.24. The molecule has 15 heavy (non-hydrogen) atoms. The van der Waals surface area contributed by atoms with Crippen LogP contribution in [0.4, 0.5) is 5.69 Å². The van der Waals surface area contributed by atoms with Crippen molar-refractivity contribution in [1.29, 1.82) is 0 Å². The van der Waals surface area contributed by atoms with E-state index in [9.17, 15) is 0 Å². The monoisotopic (exact) mass is 304 g/mol. The first kappa shape index (κ1) is 11.6. The molecule has 1 saturated heterocycles. The van der Waals surface area contributed by atoms with Gasteiger partial charge in [-0.3, -0.25) is 4.98 Å². The molecule has 82 valence electrons. The molecule has 1 aromatic heterocycles. The summed E-state index contributed by atoms with van der Waals surface area (Å²) in [6.07, 6.45) is 3.67. The number of nitrogens with zero attached hydrogens (tertiary/aromatic N) is 1. The van der Waals surface area contributed by atoms with Crippen molar-refractivity contribution in [3.8, 4) is 0 Å². The predicted octanol–water partition coefficient (Wildman–Crippen LogP) is 3.10. The number of nitrogens with one attached hydrogen (secondary N) is 1. The first-order valence-corrected chi connectivity index (χ1v) is 7.88. The van der Waals surface area contributed by atoms with Crippen LogP contribution in [0.25, 0.3) is 0 Å². The zero-order chi connectivity index (χ0) is 10.5. The lowest BCUT2D eigenvalue weighted by Gasteiger charge is -2.21. The number of halogens is 1. The molecule has 2 rings (SSSR count). The van der Waals surface area contributed by atoms with Crippen molar-refractivity contribution in [2.45, 2.75) is 5.25 Å². The van der Waals surface area contributed by atoms with Crippen LogP contribution < -0.4 is 5.32 Å². The lowest BCUT2D eigenvalue weighted by molar-refractivity contribution is 1.00. The lowest BCUT2D eigenvalue weighted by atomic mass is 10.4. The molecule has 1 aromatic rings. The van der Waals surface area contributed by atoms with Crippen molar-refractivity contribution in [1.82, 2.24) is 4.98 Å². The second-order valence-corrected chi connectivity index (χ2v) is 6.81. The molecule has 1 atom stereocenters. The number of aromatic nitrogens is 1. The van der Waals surface area contributed by atoms with E-state index < -0.39 is 0 Å². The molecule has 0 aromatic carbocycles. The maximum absolute atomic E-state index is 4.13. The summed E-state index contributed by atoms with van der Waals surface area (Å²) in [5.74, 6) is 3.85. The van der Waals surface area contributed by atoms with Gasteiger partial charge in [-0.2, -0.15) is 23.5 Å². The Bertz CT molecular complexity index is 316. The molecule has 0 bridgehead atoms. The Labute approximate surface area is 107 Å². The maximum Gasteiger partial charge on any atom is 0.0538 e. The Morgan fingerprint density at radius 1 is 1.47 bits per heavy atom. The van der Waals surface area contributed by atoms with Crippen LogP contribution in [-0.2, 0) is 0 Å². The minimum Gasteiger partial charge on any atom is -0.383 e. The molecule has 2 heterocycles. The fraction of sp³-hybridized carbons (Fsp3) is 0.500. The minimum atomic E-state index is 0.739. The highest BCUT2D eigenvalue weighted by molar-refractivity contribution is 9.10. The van der Waals surface area contributed by atoms with E-state index in [4.69, 9.17) is 0 Å². The van der Waals surface area contributed by atoms with E-state index >= 15 is 0 Å². The van der Waals surface area contributed by atoms with Crippen molar-refractivity contribution in [2.75, 3.05) is 29.1 Å². The fourth-order valence-electron chi connectivity index (χ4n) is 1.39. The predicted molar refractivity (Wildman–Crippen MR) is 74.0 cm³/mol. The van der Waals surface area contributed by atoms with Gasteiger partial charge in [0.05, 0.1) is 11.9 Å². The molecule has 0 aliphatic carbocycles. The van der Waals surface area contributed by atoms with E-state index in [0.29, 0.717) is 0 Å². The van der Waals surface area contributed by atoms with E-state index in [1.807, 2.05) is 6.20 Å². The van der Waals surface area contributed by atoms with Crippen LogP contribution >= 0.6 is 39.5 Å². The summed E-state index contributed by atoms with van der Waals surface area (Å²) in [5.41, 5.74) is 1.10. The summed E-state index contributed by atoms with van der Waals surface area (Å²) in [5, 5.41) is 4.17. The number of anilines is 1. The fourth-order valence-corrected chi connectivity index (χ4v) is 4.37. The van der Waals surface area contributed by atoms with E-state index in [0.717, 1.165) is 22.0 Å². The molecule has 1 aliphatic rings. The average molecular weight is 305 g/mol. The standard InChI is InChI=1S/C10H13BrN2S2/c11-8-3-9(5-12-4-8)13-6-10-7-14-1-2-15-10/h3-5,10,13H,1-2,6-7H2. The Morgan fingerprint density at radius 3 is 3.13 bits per heavy atom. The molecule has 1 aliphatic heterocycles. The highest BCUT2D eigenvalue weighted by atomic mass is 79.9. The van der Waals surface area contributed by atoms with Gasteiger partial charge in [0.1, 0.15) is 0 Å². The largest absolute Gasteiger partial charge is 0.383 e. The molecular formula is C10H13BrN2S2. The van der Waals surface area contributed by atoms with Crippen LogP contribution in [-0.4, -0.2) is 34.0 Å². The Kier molecular flexibility index (Phi) is 4.65. The van der Waals surface area contributed by atoms with Gasteiger partial charge in [-0.1, -0.05) is 0 Å². The van der Waals surface area contributed by atoms with Gasteiger partial charge in [0.2, 0.25) is 0 Å². The quantitative estimate of drug-likeness (QED) is 0.927. The van der Waals surface area contributed by atoms with E-state index in [1.54, 1.807) is 6.20 Å². The smallest absolute Gasteiger partial charge is 0.0538 e. The molecule has 1 unspecified atom stereocenters. The summed E-state index contributed by atoms with van der Waals surface area (Å²) in [4.78, 5) is 4.13. The van der Waals surface area contributed by atoms with Crippen molar-refractivity contribution in [2.24, 2.45) is 0 Å². The number of thioether (sulfide) groups is 2. The Balaban J connectivity index is 1.81. The summed E-state index contributed by atoms with van der Waals surface area (Å²) >= 11 is 7.54. The van der Waals surface area contributed by atoms with Crippen LogP contribution in [0.3, 0.4) is 0 Å². The first-order chi connectivity index (χ1) is 7.34. The average Bonchev–Trinajstić information content (AvgIpc) is 2.28. The third-order valence-corrected chi connectivity index (χ3v) is 5.40. The summed E-state index contributed by atoms with van der Waals surface area (Å²) in [6, 6.07) is 2.06. The molecule has 5 heteroatoms. The summed E-state index contributed by atoms with van der Waals surface area (Å²) in [7, 11) is 0. The van der Waals surface area contributed by atoms with Gasteiger partial charge in [0.15, 0.2) is 0 Å². The second-order valence-electron chi connectivity index (χ2n) is 3.34. The third-order valence-electron chi connectivity index (χ3n) is 2.12. The topological polar surface area (TPSA) is 24.9 Å². The van der Waals surface area contributed by atoms with Gasteiger partial charge >= 0.3 is 0 Å². The van der Waals surface area contributed by atoms with Gasteiger partial charge in [-0.05, 0) is 22.0 Å². The number of pyridine rings is 1. The minimum absolute atomic E-state index is 0.739. The highest BCUT2D eigenvalue weighted by Gasteiger charge is 2.13. The van der Waals surface area contributed by atoms with Crippen LogP contribution in [0.15, 0.2) is 22.9 Å². The summed E-state index contributed by atoms with van der Waals surface area (Å²) in [6.45, 7) is 1.04. The molecule has 1 N–H and O–H groups in total. The van der Waals surface area contributed by atoms with Gasteiger partial charge in [-0.15, -0.1) is 0 Å². The van der Waals surface area contributed by atoms with E-state index in [-0.39, 0.29) is 0 Å². The van der Waals surface area contributed by atoms with Gasteiger partial charge < -0.3 is 5.32 Å². The zero-order valence-corrected chi connectivity index (χ0v) is 11.5. The molecule has 0 radical (unpaired) electrons. The van der Waals surface area contributed by atoms with Crippen LogP contribution in [0.1, 0.15) is 0 Å². The summed E-state index contributed by atoms with van der Waals surface area (Å²) < 4.78 is 1.03. The number of rotatable bonds is 3. The number of hydrogen-bond acceptors (Lipinski definition) is 4. The van der Waals surface area contributed by atoms with Crippen molar-refractivity contribution in [3.63, 3.8) is 0 Å². The van der Waals surface area contributed by atoms with Crippen molar-refractivity contribution in [3.05, 3.63) is 22.9 Å². The Morgan fingerprint density at radius 2 is 2.40 bits per heavy atom. The van der Waals surface area contributed by atoms with Crippen molar-refractivity contribution >= 4 is 45.1 Å². The molecule has 0 saturated carbocycles. The second kappa shape index (κ2) is 6.01. The Hall–Kier alpha value is 0.130. The molecule has 0 spiro atoms. The normalized spacial score (nSPS) is 21.3. The van der Waals surface area contributed by atoms with Gasteiger partial charge in [-0.25, -0.2) is 0 Å². The van der Waals surface area contributed by atoms with Crippen LogP contribution in [0, 0.1) is 0 Å². The molecule has 1 fully saturated rings. The maximum atomic E-state index is 4.13. The third kappa shape index (κ3) is 3.89.